The van der Waals surface area contributed by atoms with Crippen LogP contribution >= 0.6 is 11.3 Å². The number of rotatable bonds is 1. The third-order valence-electron chi connectivity index (χ3n) is 3.69. The average Bonchev–Trinajstić information content (AvgIpc) is 2.77. The van der Waals surface area contributed by atoms with Gasteiger partial charge in [0.25, 0.3) is 0 Å². The lowest BCUT2D eigenvalue weighted by Crippen LogP contribution is -2.47. The van der Waals surface area contributed by atoms with Crippen molar-refractivity contribution in [3.8, 4) is 0 Å². The van der Waals surface area contributed by atoms with Gasteiger partial charge >= 0.3 is 0 Å². The molecule has 3 heterocycles. The second kappa shape index (κ2) is 5.41. The Hall–Kier alpha value is -1.85. The molecular formula is C17H20N4S. The normalized spacial score (nSPS) is 26.0. The van der Waals surface area contributed by atoms with Crippen LogP contribution in [0.25, 0.3) is 5.82 Å². The number of piperazine rings is 1. The van der Waals surface area contributed by atoms with Crippen LogP contribution in [0.5, 0.6) is 0 Å². The van der Waals surface area contributed by atoms with E-state index in [0.717, 1.165) is 21.2 Å². The first-order valence-electron chi connectivity index (χ1n) is 9.64. The topological polar surface area (TPSA) is 30.9 Å². The molecule has 1 aromatic carbocycles. The molecular weight excluding hydrogens is 292 g/mol. The molecule has 0 aliphatic carbocycles. The molecule has 0 radical (unpaired) electrons. The Morgan fingerprint density at radius 1 is 1.32 bits per heavy atom. The summed E-state index contributed by atoms with van der Waals surface area (Å²) in [6.45, 7) is -1.87. The summed E-state index contributed by atoms with van der Waals surface area (Å²) in [5.74, 6) is 0.536. The van der Waals surface area contributed by atoms with Crippen LogP contribution in [0, 0.1) is 6.92 Å². The summed E-state index contributed by atoms with van der Waals surface area (Å²) in [6.07, 6.45) is 0. The molecule has 0 atom stereocenters. The van der Waals surface area contributed by atoms with Crippen LogP contribution < -0.4 is 15.2 Å². The Bertz CT molecular complexity index is 1010. The number of hydrogen-bond donors (Lipinski definition) is 1. The molecule has 2 aliphatic heterocycles. The number of fused-ring (bicyclic) bond motifs is 2. The van der Waals surface area contributed by atoms with E-state index in [0.29, 0.717) is 21.8 Å². The van der Waals surface area contributed by atoms with Crippen LogP contribution in [0.3, 0.4) is 0 Å². The van der Waals surface area contributed by atoms with Crippen molar-refractivity contribution >= 4 is 28.5 Å². The van der Waals surface area contributed by atoms with Gasteiger partial charge < -0.3 is 15.1 Å². The maximum Gasteiger partial charge on any atom is 0.127 e. The van der Waals surface area contributed by atoms with Crippen molar-refractivity contribution < 1.29 is 6.85 Å². The third kappa shape index (κ3) is 2.40. The lowest BCUT2D eigenvalue weighted by atomic mass is 10.2. The molecule has 1 N–H and O–H groups in total. The predicted molar refractivity (Wildman–Crippen MR) is 92.0 cm³/mol. The molecule has 0 saturated carbocycles. The number of thiophene rings is 1. The van der Waals surface area contributed by atoms with E-state index in [2.05, 4.69) is 5.32 Å². The van der Waals surface area contributed by atoms with Gasteiger partial charge in [-0.05, 0) is 32.1 Å². The lowest BCUT2D eigenvalue weighted by molar-refractivity contribution is 0.206. The van der Waals surface area contributed by atoms with Crippen molar-refractivity contribution in [2.24, 2.45) is 4.99 Å². The van der Waals surface area contributed by atoms with Crippen LogP contribution in [0.15, 0.2) is 35.3 Å². The lowest BCUT2D eigenvalue weighted by Gasteiger charge is -2.35. The van der Waals surface area contributed by atoms with E-state index in [-0.39, 0.29) is 13.1 Å². The second-order valence-electron chi connectivity index (χ2n) is 5.30. The summed E-state index contributed by atoms with van der Waals surface area (Å²) < 4.78 is 42.3. The van der Waals surface area contributed by atoms with Crippen LogP contribution in [-0.2, 0) is 0 Å². The molecule has 22 heavy (non-hydrogen) atoms. The summed E-state index contributed by atoms with van der Waals surface area (Å²) in [6, 6.07) is 7.88. The number of nitrogens with one attached hydrogen (secondary N) is 1. The van der Waals surface area contributed by atoms with Crippen LogP contribution in [0.2, 0.25) is 0 Å². The summed E-state index contributed by atoms with van der Waals surface area (Å²) >= 11 is 1.42. The monoisotopic (exact) mass is 317 g/mol. The van der Waals surface area contributed by atoms with E-state index >= 15 is 0 Å². The van der Waals surface area contributed by atoms with Gasteiger partial charge in [0.05, 0.1) is 18.0 Å². The van der Waals surface area contributed by atoms with Gasteiger partial charge in [-0.1, -0.05) is 12.1 Å². The second-order valence-corrected chi connectivity index (χ2v) is 6.50. The Morgan fingerprint density at radius 3 is 2.91 bits per heavy atom. The summed E-state index contributed by atoms with van der Waals surface area (Å²) in [5, 5.41) is 3.92. The fourth-order valence-electron chi connectivity index (χ4n) is 2.56. The smallest absolute Gasteiger partial charge is 0.127 e. The maximum atomic E-state index is 8.51. The number of hydrogen-bond acceptors (Lipinski definition) is 5. The summed E-state index contributed by atoms with van der Waals surface area (Å²) in [5.41, 5.74) is 1.50. The molecule has 1 saturated heterocycles. The SMILES string of the molecule is [2H]c1c(C)sc2c1=C(N1CC([2H])([2H])N(C)C([2H])([2H])C1)Nc1ccccc1N=2. The molecule has 0 bridgehead atoms. The van der Waals surface area contributed by atoms with Crippen molar-refractivity contribution in [1.29, 1.82) is 0 Å². The fraction of sp³-hybridized carbons (Fsp3) is 0.353. The summed E-state index contributed by atoms with van der Waals surface area (Å²) in [7, 11) is 1.46. The third-order valence-corrected chi connectivity index (χ3v) is 4.59. The van der Waals surface area contributed by atoms with E-state index in [1.165, 1.54) is 18.4 Å². The van der Waals surface area contributed by atoms with Crippen molar-refractivity contribution in [1.82, 2.24) is 9.80 Å². The molecule has 4 rings (SSSR count). The molecule has 4 nitrogen and oxygen atoms in total. The Balaban J connectivity index is 1.95. The number of para-hydroxylation sites is 2. The highest BCUT2D eigenvalue weighted by Gasteiger charge is 2.20. The quantitative estimate of drug-likeness (QED) is 0.869. The van der Waals surface area contributed by atoms with Crippen LogP contribution in [0.4, 0.5) is 11.4 Å². The van der Waals surface area contributed by atoms with E-state index < -0.39 is 13.0 Å². The standard InChI is InChI=1S/C17H20N4S/c1-12-11-13-16(21-9-7-20(2)8-10-21)18-14-5-3-4-6-15(14)19-17(13)22-12/h3-6,11,18H,7-10H2,1-2H3/i7D2,8D2,11D. The fourth-order valence-corrected chi connectivity index (χ4v) is 3.39. The maximum absolute atomic E-state index is 8.51. The molecule has 1 aromatic heterocycles. The van der Waals surface area contributed by atoms with Gasteiger partial charge in [-0.25, -0.2) is 4.99 Å². The molecule has 0 spiro atoms. The molecule has 5 heteroatoms. The van der Waals surface area contributed by atoms with Gasteiger partial charge in [0.15, 0.2) is 0 Å². The van der Waals surface area contributed by atoms with Crippen molar-refractivity contribution in [2.45, 2.75) is 6.92 Å². The van der Waals surface area contributed by atoms with E-state index in [4.69, 9.17) is 11.8 Å². The minimum Gasteiger partial charge on any atom is -0.355 e. The first-order valence-corrected chi connectivity index (χ1v) is 7.96. The Morgan fingerprint density at radius 2 is 2.09 bits per heavy atom. The van der Waals surface area contributed by atoms with Crippen molar-refractivity contribution in [3.63, 3.8) is 0 Å². The molecule has 2 aromatic rings. The van der Waals surface area contributed by atoms with Gasteiger partial charge in [-0.15, -0.1) is 11.3 Å². The summed E-state index contributed by atoms with van der Waals surface area (Å²) in [4.78, 5) is 8.33. The molecule has 2 aliphatic rings. The van der Waals surface area contributed by atoms with Gasteiger partial charge in [-0.2, -0.15) is 0 Å². The van der Waals surface area contributed by atoms with Crippen molar-refractivity contribution in [3.05, 3.63) is 45.1 Å². The van der Waals surface area contributed by atoms with Crippen LogP contribution in [0.1, 0.15) is 11.7 Å². The van der Waals surface area contributed by atoms with Crippen LogP contribution in [-0.4, -0.2) is 42.9 Å². The molecule has 0 unspecified atom stereocenters. The number of likely N-dealkylation sites (N-methyl/N-ethyl adjacent to an activating group) is 1. The highest BCUT2D eigenvalue weighted by molar-refractivity contribution is 7.09. The van der Waals surface area contributed by atoms with E-state index in [1.54, 1.807) is 4.90 Å². The number of aryl methyl sites for hydroxylation is 1. The highest BCUT2D eigenvalue weighted by Crippen LogP contribution is 2.27. The largest absolute Gasteiger partial charge is 0.355 e. The van der Waals surface area contributed by atoms with Gasteiger partial charge in [0, 0.05) is 36.4 Å². The van der Waals surface area contributed by atoms with Crippen molar-refractivity contribution in [2.75, 3.05) is 38.4 Å². The predicted octanol–water partition coefficient (Wildman–Crippen LogP) is 1.75. The average molecular weight is 317 g/mol. The molecule has 1 fully saturated rings. The van der Waals surface area contributed by atoms with E-state index in [1.807, 2.05) is 31.2 Å². The minimum atomic E-state index is -1.85. The zero-order chi connectivity index (χ0) is 19.6. The van der Waals surface area contributed by atoms with Gasteiger partial charge in [0.1, 0.15) is 10.5 Å². The first kappa shape index (κ1) is 9.33. The minimum absolute atomic E-state index is 0.0126. The number of benzene rings is 1. The highest BCUT2D eigenvalue weighted by atomic mass is 32.1. The van der Waals surface area contributed by atoms with E-state index in [9.17, 15) is 0 Å². The Kier molecular flexibility index (Phi) is 2.29. The zero-order valence-electron chi connectivity index (χ0n) is 17.5. The number of anilines is 1. The molecule has 114 valence electrons. The Labute approximate surface area is 141 Å². The van der Waals surface area contributed by atoms with Gasteiger partial charge in [0.2, 0.25) is 0 Å². The molecule has 0 amide bonds. The first-order chi connectivity index (χ1) is 12.6. The van der Waals surface area contributed by atoms with Gasteiger partial charge in [-0.3, -0.25) is 0 Å². The zero-order valence-corrected chi connectivity index (χ0v) is 13.3. The number of nitrogens with zero attached hydrogens (tertiary/aromatic N) is 3.